The summed E-state index contributed by atoms with van der Waals surface area (Å²) >= 11 is 0. The number of benzene rings is 1. The predicted molar refractivity (Wildman–Crippen MR) is 93.1 cm³/mol. The molecule has 6 N–H and O–H groups in total. The zero-order chi connectivity index (χ0) is 20.2. The molecule has 0 aromatic heterocycles. The smallest absolute Gasteiger partial charge is 0.251 e. The van der Waals surface area contributed by atoms with Crippen molar-refractivity contribution in [3.05, 3.63) is 29.8 Å². The minimum absolute atomic E-state index is 0.114. The van der Waals surface area contributed by atoms with Gasteiger partial charge in [-0.15, -0.1) is 0 Å². The van der Waals surface area contributed by atoms with Crippen LogP contribution in [0.25, 0.3) is 0 Å². The quantitative estimate of drug-likeness (QED) is 0.358. The number of nitrogens with one attached hydrogen (secondary N) is 1. The first-order chi connectivity index (χ1) is 12.7. The lowest BCUT2D eigenvalue weighted by molar-refractivity contribution is -0.269. The van der Waals surface area contributed by atoms with Crippen LogP contribution < -0.4 is 10.5 Å². The minimum atomic E-state index is -3.89. The highest BCUT2D eigenvalue weighted by Crippen LogP contribution is 2.23. The van der Waals surface area contributed by atoms with Crippen LogP contribution in [0.2, 0.25) is 0 Å². The van der Waals surface area contributed by atoms with Crippen molar-refractivity contribution in [2.45, 2.75) is 48.9 Å². The van der Waals surface area contributed by atoms with Crippen LogP contribution >= 0.6 is 0 Å². The molecule has 1 amide bonds. The number of carbonyl (C=O) groups is 1. The Balaban J connectivity index is 2.17. The molecule has 2 rings (SSSR count). The lowest BCUT2D eigenvalue weighted by Crippen LogP contribution is -2.64. The predicted octanol–water partition coefficient (Wildman–Crippen LogP) is -1.70. The van der Waals surface area contributed by atoms with E-state index in [1.807, 2.05) is 6.92 Å². The van der Waals surface area contributed by atoms with Gasteiger partial charge < -0.3 is 30.1 Å². The highest BCUT2D eigenvalue weighted by Gasteiger charge is 2.45. The molecule has 0 radical (unpaired) electrons. The third-order valence-corrected chi connectivity index (χ3v) is 5.04. The molecule has 152 valence electrons. The van der Waals surface area contributed by atoms with Gasteiger partial charge in [-0.25, -0.2) is 13.6 Å². The number of primary sulfonamides is 1. The fourth-order valence-electron chi connectivity index (χ4n) is 2.64. The zero-order valence-electron chi connectivity index (χ0n) is 14.7. The van der Waals surface area contributed by atoms with E-state index in [2.05, 4.69) is 5.32 Å². The van der Waals surface area contributed by atoms with Crippen molar-refractivity contribution in [2.75, 3.05) is 13.2 Å². The van der Waals surface area contributed by atoms with E-state index in [4.69, 9.17) is 14.6 Å². The van der Waals surface area contributed by atoms with Gasteiger partial charge in [-0.3, -0.25) is 4.79 Å². The van der Waals surface area contributed by atoms with Crippen LogP contribution in [-0.4, -0.2) is 73.5 Å². The Bertz CT molecular complexity index is 739. The van der Waals surface area contributed by atoms with Gasteiger partial charge in [0, 0.05) is 12.2 Å². The molecule has 1 saturated heterocycles. The van der Waals surface area contributed by atoms with Crippen molar-refractivity contribution >= 4 is 15.9 Å². The van der Waals surface area contributed by atoms with Crippen LogP contribution in [0.3, 0.4) is 0 Å². The normalized spacial score (nSPS) is 28.7. The maximum Gasteiger partial charge on any atom is 0.251 e. The van der Waals surface area contributed by atoms with Crippen molar-refractivity contribution in [3.8, 4) is 0 Å². The first-order valence-corrected chi connectivity index (χ1v) is 9.91. The summed E-state index contributed by atoms with van der Waals surface area (Å²) in [4.78, 5) is 12.3. The molecule has 1 aromatic carbocycles. The van der Waals surface area contributed by atoms with Crippen molar-refractivity contribution in [2.24, 2.45) is 5.14 Å². The molecule has 0 saturated carbocycles. The molecular formula is C16H24N2O8S. The summed E-state index contributed by atoms with van der Waals surface area (Å²) in [6, 6.07) is 3.79. The highest BCUT2D eigenvalue weighted by atomic mass is 32.2. The van der Waals surface area contributed by atoms with E-state index in [9.17, 15) is 28.5 Å². The number of aliphatic hydroxyl groups is 3. The Labute approximate surface area is 156 Å². The second-order valence-electron chi connectivity index (χ2n) is 6.15. The number of amides is 1. The van der Waals surface area contributed by atoms with Gasteiger partial charge in [0.1, 0.15) is 24.4 Å². The van der Waals surface area contributed by atoms with E-state index >= 15 is 0 Å². The molecule has 1 aromatic rings. The largest absolute Gasteiger partial charge is 0.394 e. The van der Waals surface area contributed by atoms with Crippen LogP contribution in [0.4, 0.5) is 0 Å². The molecule has 0 spiro atoms. The zero-order valence-corrected chi connectivity index (χ0v) is 15.5. The van der Waals surface area contributed by atoms with E-state index in [0.717, 1.165) is 0 Å². The summed E-state index contributed by atoms with van der Waals surface area (Å²) in [6.07, 6.45) is -4.34. The maximum atomic E-state index is 12.5. The Morgan fingerprint density at radius 2 is 1.89 bits per heavy atom. The summed E-state index contributed by atoms with van der Waals surface area (Å²) in [5, 5.41) is 37.2. The average Bonchev–Trinajstić information content (AvgIpc) is 2.64. The number of rotatable bonds is 7. The molecule has 11 heteroatoms. The van der Waals surface area contributed by atoms with Crippen LogP contribution in [0.5, 0.6) is 0 Å². The molecule has 0 aliphatic carbocycles. The van der Waals surface area contributed by atoms with E-state index in [1.54, 1.807) is 0 Å². The number of carbonyl (C=O) groups excluding carboxylic acids is 1. The van der Waals surface area contributed by atoms with E-state index in [-0.39, 0.29) is 17.1 Å². The van der Waals surface area contributed by atoms with E-state index in [0.29, 0.717) is 6.42 Å². The standard InChI is InChI=1S/C16H24N2O8S/c1-2-7-25-16-12(14(21)13(20)11(8-19)26-16)18-15(22)9-3-5-10(6-4-9)27(17,23)24/h3-6,11-14,16,19-21H,2,7-8H2,1H3,(H,18,22)(H2,17,23,24)/t11-,12-,13-,14-,16-/m1/s1. The third-order valence-electron chi connectivity index (χ3n) is 4.11. The molecule has 0 unspecified atom stereocenters. The summed E-state index contributed by atoms with van der Waals surface area (Å²) < 4.78 is 33.5. The molecule has 0 bridgehead atoms. The summed E-state index contributed by atoms with van der Waals surface area (Å²) in [6.45, 7) is 1.61. The fourth-order valence-corrected chi connectivity index (χ4v) is 3.16. The Morgan fingerprint density at radius 3 is 2.41 bits per heavy atom. The van der Waals surface area contributed by atoms with Gasteiger partial charge in [0.2, 0.25) is 10.0 Å². The molecule has 1 aliphatic heterocycles. The van der Waals surface area contributed by atoms with Crippen LogP contribution in [0.1, 0.15) is 23.7 Å². The molecule has 1 fully saturated rings. The molecule has 1 heterocycles. The number of hydrogen-bond donors (Lipinski definition) is 5. The first kappa shape index (κ1) is 21.7. The van der Waals surface area contributed by atoms with Crippen LogP contribution in [0, 0.1) is 0 Å². The molecular weight excluding hydrogens is 380 g/mol. The van der Waals surface area contributed by atoms with Gasteiger partial charge in [0.25, 0.3) is 5.91 Å². The summed E-state index contributed by atoms with van der Waals surface area (Å²) in [5.74, 6) is -0.636. The van der Waals surface area contributed by atoms with Crippen molar-refractivity contribution in [1.82, 2.24) is 5.32 Å². The number of aliphatic hydroxyl groups excluding tert-OH is 3. The van der Waals surface area contributed by atoms with Crippen molar-refractivity contribution in [1.29, 1.82) is 0 Å². The Hall–Kier alpha value is -1.60. The molecule has 10 nitrogen and oxygen atoms in total. The van der Waals surface area contributed by atoms with Gasteiger partial charge in [0.05, 0.1) is 11.5 Å². The SMILES string of the molecule is CCCO[C@@H]1O[C@H](CO)[C@@H](O)[C@H](O)[C@H]1NC(=O)c1ccc(S(N)(=O)=O)cc1. The van der Waals surface area contributed by atoms with Gasteiger partial charge in [-0.2, -0.15) is 0 Å². The third kappa shape index (κ3) is 5.23. The summed E-state index contributed by atoms with van der Waals surface area (Å²) in [7, 11) is -3.89. The highest BCUT2D eigenvalue weighted by molar-refractivity contribution is 7.89. The second kappa shape index (κ2) is 9.06. The lowest BCUT2D eigenvalue weighted by Gasteiger charge is -2.42. The fraction of sp³-hybridized carbons (Fsp3) is 0.562. The van der Waals surface area contributed by atoms with E-state index in [1.165, 1.54) is 24.3 Å². The average molecular weight is 404 g/mol. The van der Waals surface area contributed by atoms with Gasteiger partial charge >= 0.3 is 0 Å². The second-order valence-corrected chi connectivity index (χ2v) is 7.71. The number of ether oxygens (including phenoxy) is 2. The van der Waals surface area contributed by atoms with Crippen molar-refractivity contribution in [3.63, 3.8) is 0 Å². The Morgan fingerprint density at radius 1 is 1.26 bits per heavy atom. The monoisotopic (exact) mass is 404 g/mol. The molecule has 5 atom stereocenters. The van der Waals surface area contributed by atoms with Gasteiger partial charge in [0.15, 0.2) is 6.29 Å². The number of nitrogens with two attached hydrogens (primary N) is 1. The number of hydrogen-bond acceptors (Lipinski definition) is 8. The first-order valence-electron chi connectivity index (χ1n) is 8.36. The topological polar surface area (TPSA) is 168 Å². The summed E-state index contributed by atoms with van der Waals surface area (Å²) in [5.41, 5.74) is 0.114. The minimum Gasteiger partial charge on any atom is -0.394 e. The van der Waals surface area contributed by atoms with Crippen LogP contribution in [0.15, 0.2) is 29.2 Å². The Kier molecular flexibility index (Phi) is 7.28. The maximum absolute atomic E-state index is 12.5. The van der Waals surface area contributed by atoms with Gasteiger partial charge in [-0.05, 0) is 30.7 Å². The van der Waals surface area contributed by atoms with Gasteiger partial charge in [-0.1, -0.05) is 6.92 Å². The van der Waals surface area contributed by atoms with E-state index < -0.39 is 53.2 Å². The number of sulfonamides is 1. The molecule has 27 heavy (non-hydrogen) atoms. The van der Waals surface area contributed by atoms with Crippen LogP contribution in [-0.2, 0) is 19.5 Å². The molecule has 1 aliphatic rings. The van der Waals surface area contributed by atoms with Crippen molar-refractivity contribution < 1.29 is 38.0 Å². The lowest BCUT2D eigenvalue weighted by atomic mass is 9.96.